The minimum Gasteiger partial charge on any atom is -0.396 e. The molecular formula is C10H14N2O. The van der Waals surface area contributed by atoms with Crippen molar-refractivity contribution in [1.29, 1.82) is 0 Å². The lowest BCUT2D eigenvalue weighted by Gasteiger charge is -2.08. The summed E-state index contributed by atoms with van der Waals surface area (Å²) in [5.74, 6) is 0.395. The molecule has 2 atom stereocenters. The van der Waals surface area contributed by atoms with Gasteiger partial charge >= 0.3 is 0 Å². The van der Waals surface area contributed by atoms with Crippen molar-refractivity contribution in [3.05, 3.63) is 30.1 Å². The monoisotopic (exact) mass is 178 g/mol. The van der Waals surface area contributed by atoms with E-state index in [1.807, 2.05) is 24.4 Å². The number of aliphatic hydroxyl groups excluding tert-OH is 1. The summed E-state index contributed by atoms with van der Waals surface area (Å²) in [7, 11) is 0. The van der Waals surface area contributed by atoms with E-state index < -0.39 is 0 Å². The van der Waals surface area contributed by atoms with Crippen LogP contribution in [-0.2, 0) is 0 Å². The van der Waals surface area contributed by atoms with Crippen LogP contribution in [0.25, 0.3) is 0 Å². The summed E-state index contributed by atoms with van der Waals surface area (Å²) in [4.78, 5) is 4.29. The van der Waals surface area contributed by atoms with Gasteiger partial charge in [-0.25, -0.2) is 0 Å². The Kier molecular flexibility index (Phi) is 2.57. The fourth-order valence-corrected chi connectivity index (χ4v) is 1.76. The summed E-state index contributed by atoms with van der Waals surface area (Å²) >= 11 is 0. The van der Waals surface area contributed by atoms with Gasteiger partial charge in [-0.3, -0.25) is 4.98 Å². The van der Waals surface area contributed by atoms with E-state index in [-0.39, 0.29) is 6.61 Å². The molecule has 0 aromatic carbocycles. The maximum absolute atomic E-state index is 8.97. The Hall–Kier alpha value is -0.930. The summed E-state index contributed by atoms with van der Waals surface area (Å²) < 4.78 is 0. The molecule has 70 valence electrons. The van der Waals surface area contributed by atoms with Gasteiger partial charge < -0.3 is 10.4 Å². The van der Waals surface area contributed by atoms with Crippen molar-refractivity contribution in [2.75, 3.05) is 13.2 Å². The van der Waals surface area contributed by atoms with E-state index in [9.17, 15) is 0 Å². The number of hydrogen-bond acceptors (Lipinski definition) is 3. The fraction of sp³-hybridized carbons (Fsp3) is 0.500. The van der Waals surface area contributed by atoms with E-state index in [0.29, 0.717) is 12.0 Å². The second-order valence-electron chi connectivity index (χ2n) is 3.50. The van der Waals surface area contributed by atoms with Crippen molar-refractivity contribution in [1.82, 2.24) is 10.3 Å². The zero-order valence-corrected chi connectivity index (χ0v) is 7.48. The predicted molar refractivity (Wildman–Crippen MR) is 50.2 cm³/mol. The van der Waals surface area contributed by atoms with Gasteiger partial charge in [0, 0.05) is 25.4 Å². The quantitative estimate of drug-likeness (QED) is 0.701. The average Bonchev–Trinajstić information content (AvgIpc) is 2.67. The maximum Gasteiger partial charge on any atom is 0.0573 e. The van der Waals surface area contributed by atoms with Gasteiger partial charge in [0.05, 0.1) is 5.69 Å². The molecule has 13 heavy (non-hydrogen) atoms. The van der Waals surface area contributed by atoms with Gasteiger partial charge in [-0.15, -0.1) is 0 Å². The number of nitrogens with zero attached hydrogens (tertiary/aromatic N) is 1. The Bertz CT molecular complexity index is 263. The zero-order valence-electron chi connectivity index (χ0n) is 7.48. The Labute approximate surface area is 77.8 Å². The van der Waals surface area contributed by atoms with Crippen molar-refractivity contribution in [3.63, 3.8) is 0 Å². The van der Waals surface area contributed by atoms with Crippen molar-refractivity contribution >= 4 is 0 Å². The lowest BCUT2D eigenvalue weighted by molar-refractivity contribution is 0.235. The van der Waals surface area contributed by atoms with Crippen LogP contribution in [0.4, 0.5) is 0 Å². The van der Waals surface area contributed by atoms with Crippen LogP contribution in [-0.4, -0.2) is 23.2 Å². The number of rotatable bonds is 2. The molecule has 1 fully saturated rings. The SMILES string of the molecule is OCC1CNC(c2ccccn2)C1. The van der Waals surface area contributed by atoms with Gasteiger partial charge in [0.25, 0.3) is 0 Å². The molecule has 2 unspecified atom stereocenters. The molecule has 0 aliphatic carbocycles. The van der Waals surface area contributed by atoms with Gasteiger partial charge in [-0.2, -0.15) is 0 Å². The first-order valence-corrected chi connectivity index (χ1v) is 4.65. The van der Waals surface area contributed by atoms with Crippen LogP contribution >= 0.6 is 0 Å². The molecule has 0 bridgehead atoms. The minimum atomic E-state index is 0.274. The first-order valence-electron chi connectivity index (χ1n) is 4.65. The standard InChI is InChI=1S/C10H14N2O/c13-7-8-5-10(12-6-8)9-3-1-2-4-11-9/h1-4,8,10,12-13H,5-7H2. The number of aromatic nitrogens is 1. The van der Waals surface area contributed by atoms with Crippen LogP contribution in [0, 0.1) is 5.92 Å². The highest BCUT2D eigenvalue weighted by atomic mass is 16.3. The van der Waals surface area contributed by atoms with Crippen LogP contribution in [0.3, 0.4) is 0 Å². The van der Waals surface area contributed by atoms with E-state index in [1.165, 1.54) is 0 Å². The number of nitrogens with one attached hydrogen (secondary N) is 1. The Morgan fingerprint density at radius 3 is 3.08 bits per heavy atom. The second-order valence-corrected chi connectivity index (χ2v) is 3.50. The van der Waals surface area contributed by atoms with Crippen LogP contribution in [0.5, 0.6) is 0 Å². The zero-order chi connectivity index (χ0) is 9.10. The third-order valence-corrected chi connectivity index (χ3v) is 2.52. The molecule has 3 nitrogen and oxygen atoms in total. The number of hydrogen-bond donors (Lipinski definition) is 2. The molecule has 1 aromatic rings. The third-order valence-electron chi connectivity index (χ3n) is 2.52. The average molecular weight is 178 g/mol. The molecule has 2 rings (SSSR count). The first kappa shape index (κ1) is 8.66. The lowest BCUT2D eigenvalue weighted by atomic mass is 10.0. The third kappa shape index (κ3) is 1.87. The van der Waals surface area contributed by atoms with Crippen LogP contribution in [0.15, 0.2) is 24.4 Å². The van der Waals surface area contributed by atoms with Gasteiger partial charge in [-0.05, 0) is 24.5 Å². The highest BCUT2D eigenvalue weighted by Crippen LogP contribution is 2.24. The van der Waals surface area contributed by atoms with Crippen LogP contribution < -0.4 is 5.32 Å². The Balaban J connectivity index is 2.04. The number of aliphatic hydroxyl groups is 1. The maximum atomic E-state index is 8.97. The van der Waals surface area contributed by atoms with Gasteiger partial charge in [-0.1, -0.05) is 6.07 Å². The van der Waals surface area contributed by atoms with Crippen molar-refractivity contribution in [2.24, 2.45) is 5.92 Å². The largest absolute Gasteiger partial charge is 0.396 e. The minimum absolute atomic E-state index is 0.274. The van der Waals surface area contributed by atoms with Crippen LogP contribution in [0.1, 0.15) is 18.2 Å². The molecule has 1 aliphatic heterocycles. The van der Waals surface area contributed by atoms with E-state index in [2.05, 4.69) is 10.3 Å². The Morgan fingerprint density at radius 2 is 2.46 bits per heavy atom. The smallest absolute Gasteiger partial charge is 0.0573 e. The Morgan fingerprint density at radius 1 is 1.54 bits per heavy atom. The molecule has 2 N–H and O–H groups in total. The van der Waals surface area contributed by atoms with Crippen molar-refractivity contribution in [3.8, 4) is 0 Å². The molecule has 3 heteroatoms. The van der Waals surface area contributed by atoms with Gasteiger partial charge in [0.1, 0.15) is 0 Å². The fourth-order valence-electron chi connectivity index (χ4n) is 1.76. The summed E-state index contributed by atoms with van der Waals surface area (Å²) in [6, 6.07) is 6.27. The van der Waals surface area contributed by atoms with Gasteiger partial charge in [0.15, 0.2) is 0 Å². The summed E-state index contributed by atoms with van der Waals surface area (Å²) in [5.41, 5.74) is 1.08. The van der Waals surface area contributed by atoms with Crippen LogP contribution in [0.2, 0.25) is 0 Å². The van der Waals surface area contributed by atoms with Crippen molar-refractivity contribution in [2.45, 2.75) is 12.5 Å². The van der Waals surface area contributed by atoms with Gasteiger partial charge in [0.2, 0.25) is 0 Å². The molecule has 1 aromatic heterocycles. The highest BCUT2D eigenvalue weighted by molar-refractivity contribution is 5.10. The first-order chi connectivity index (χ1) is 6.40. The molecule has 1 saturated heterocycles. The number of pyridine rings is 1. The summed E-state index contributed by atoms with van der Waals surface area (Å²) in [6.45, 7) is 1.17. The molecule has 0 saturated carbocycles. The highest BCUT2D eigenvalue weighted by Gasteiger charge is 2.24. The predicted octanol–water partition coefficient (Wildman–Crippen LogP) is 0.725. The van der Waals surface area contributed by atoms with E-state index >= 15 is 0 Å². The van der Waals surface area contributed by atoms with Crippen molar-refractivity contribution < 1.29 is 5.11 Å². The molecular weight excluding hydrogens is 164 g/mol. The van der Waals surface area contributed by atoms with E-state index in [0.717, 1.165) is 18.7 Å². The molecule has 2 heterocycles. The molecule has 0 radical (unpaired) electrons. The molecule has 1 aliphatic rings. The summed E-state index contributed by atoms with van der Waals surface area (Å²) in [5, 5.41) is 12.3. The normalized spacial score (nSPS) is 27.8. The van der Waals surface area contributed by atoms with E-state index in [1.54, 1.807) is 0 Å². The van der Waals surface area contributed by atoms with E-state index in [4.69, 9.17) is 5.11 Å². The topological polar surface area (TPSA) is 45.1 Å². The second kappa shape index (κ2) is 3.85. The molecule has 0 spiro atoms. The lowest BCUT2D eigenvalue weighted by Crippen LogP contribution is -2.15. The molecule has 0 amide bonds. The summed E-state index contributed by atoms with van der Waals surface area (Å²) in [6.07, 6.45) is 2.80.